The number of benzene rings is 2. The number of amides is 4. The number of rotatable bonds is 4. The van der Waals surface area contributed by atoms with E-state index in [2.05, 4.69) is 10.7 Å². The van der Waals surface area contributed by atoms with Crippen molar-refractivity contribution >= 4 is 27.7 Å². The zero-order valence-corrected chi connectivity index (χ0v) is 15.4. The van der Waals surface area contributed by atoms with Gasteiger partial charge in [0.1, 0.15) is 5.54 Å². The normalized spacial score (nSPS) is 19.7. The fraction of sp³-hybridized carbons (Fsp3) is 0.167. The second-order valence-corrected chi connectivity index (χ2v) is 8.32. The Morgan fingerprint density at radius 3 is 2.37 bits per heavy atom. The summed E-state index contributed by atoms with van der Waals surface area (Å²) < 4.78 is 23.3. The van der Waals surface area contributed by atoms with E-state index in [-0.39, 0.29) is 10.5 Å². The van der Waals surface area contributed by atoms with Crippen molar-refractivity contribution in [1.82, 2.24) is 15.8 Å². The lowest BCUT2D eigenvalue weighted by Gasteiger charge is -2.22. The number of imide groups is 1. The van der Waals surface area contributed by atoms with Crippen LogP contribution in [-0.4, -0.2) is 37.5 Å². The Hall–Kier alpha value is -3.20. The number of nitrogens with zero attached hydrogens (tertiary/aromatic N) is 1. The smallest absolute Gasteiger partial charge is 0.318 e. The quantitative estimate of drug-likeness (QED) is 0.766. The van der Waals surface area contributed by atoms with E-state index in [1.54, 1.807) is 37.3 Å². The molecule has 1 fully saturated rings. The molecule has 1 aliphatic heterocycles. The van der Waals surface area contributed by atoms with Crippen LogP contribution in [0.5, 0.6) is 0 Å². The minimum absolute atomic E-state index is 0.00633. The van der Waals surface area contributed by atoms with Gasteiger partial charge in [-0.05, 0) is 30.7 Å². The maximum Gasteiger partial charge on any atom is 0.344 e. The molecule has 1 aliphatic rings. The number of carbonyl (C=O) groups excluding carboxylic acids is 3. The number of hydrogen-bond donors (Lipinski definition) is 2. The molecule has 1 heterocycles. The van der Waals surface area contributed by atoms with Crippen LogP contribution < -0.4 is 10.7 Å². The van der Waals surface area contributed by atoms with E-state index in [0.717, 1.165) is 6.26 Å². The van der Waals surface area contributed by atoms with Crippen molar-refractivity contribution in [3.63, 3.8) is 0 Å². The molecule has 2 aromatic rings. The lowest BCUT2D eigenvalue weighted by molar-refractivity contribution is -0.132. The van der Waals surface area contributed by atoms with Gasteiger partial charge >= 0.3 is 6.03 Å². The monoisotopic (exact) mass is 387 g/mol. The second-order valence-electron chi connectivity index (χ2n) is 6.30. The van der Waals surface area contributed by atoms with Crippen LogP contribution in [0.4, 0.5) is 4.79 Å². The van der Waals surface area contributed by atoms with Crippen molar-refractivity contribution in [3.05, 3.63) is 65.7 Å². The second kappa shape index (κ2) is 6.51. The lowest BCUT2D eigenvalue weighted by atomic mass is 9.92. The average molecular weight is 387 g/mol. The predicted molar refractivity (Wildman–Crippen MR) is 96.2 cm³/mol. The third kappa shape index (κ3) is 3.41. The Morgan fingerprint density at radius 2 is 1.74 bits per heavy atom. The molecule has 1 atom stereocenters. The molecular weight excluding hydrogens is 370 g/mol. The van der Waals surface area contributed by atoms with Gasteiger partial charge in [0, 0.05) is 11.8 Å². The fourth-order valence-corrected chi connectivity index (χ4v) is 3.41. The Kier molecular flexibility index (Phi) is 4.48. The number of sulfone groups is 1. The minimum atomic E-state index is -3.50. The van der Waals surface area contributed by atoms with Gasteiger partial charge in [-0.2, -0.15) is 5.01 Å². The highest BCUT2D eigenvalue weighted by atomic mass is 32.2. The highest BCUT2D eigenvalue weighted by molar-refractivity contribution is 7.90. The number of hydrogen-bond acceptors (Lipinski definition) is 5. The topological polar surface area (TPSA) is 113 Å². The molecule has 9 heteroatoms. The first kappa shape index (κ1) is 18.6. The van der Waals surface area contributed by atoms with Crippen LogP contribution in [0.2, 0.25) is 0 Å². The number of nitrogens with one attached hydrogen (secondary N) is 2. The highest BCUT2D eigenvalue weighted by Crippen LogP contribution is 2.27. The van der Waals surface area contributed by atoms with Crippen molar-refractivity contribution in [1.29, 1.82) is 0 Å². The van der Waals surface area contributed by atoms with E-state index in [4.69, 9.17) is 0 Å². The van der Waals surface area contributed by atoms with Gasteiger partial charge in [0.25, 0.3) is 11.8 Å². The Balaban J connectivity index is 1.85. The van der Waals surface area contributed by atoms with Gasteiger partial charge in [-0.25, -0.2) is 13.2 Å². The zero-order chi connectivity index (χ0) is 19.8. The van der Waals surface area contributed by atoms with Gasteiger partial charge < -0.3 is 5.32 Å². The summed E-state index contributed by atoms with van der Waals surface area (Å²) in [6.45, 7) is 1.54. The maximum absolute atomic E-state index is 12.8. The molecule has 1 saturated heterocycles. The van der Waals surface area contributed by atoms with E-state index in [0.29, 0.717) is 10.6 Å². The molecule has 0 spiro atoms. The SMILES string of the molecule is C[C@]1(c2ccccc2)NC(=O)N(NC(=O)c2cccc(S(C)(=O)=O)c2)C1=O. The van der Waals surface area contributed by atoms with Crippen molar-refractivity contribution < 1.29 is 22.8 Å². The molecule has 8 nitrogen and oxygen atoms in total. The molecule has 0 unspecified atom stereocenters. The lowest BCUT2D eigenvalue weighted by Crippen LogP contribution is -2.47. The van der Waals surface area contributed by atoms with Gasteiger partial charge in [0.15, 0.2) is 9.84 Å². The van der Waals surface area contributed by atoms with Gasteiger partial charge in [0.05, 0.1) is 4.90 Å². The maximum atomic E-state index is 12.8. The van der Waals surface area contributed by atoms with E-state index in [1.165, 1.54) is 24.3 Å². The molecule has 0 radical (unpaired) electrons. The summed E-state index contributed by atoms with van der Waals surface area (Å²) in [6.07, 6.45) is 1.02. The summed E-state index contributed by atoms with van der Waals surface area (Å²) in [5, 5.41) is 3.17. The summed E-state index contributed by atoms with van der Waals surface area (Å²) in [7, 11) is -3.50. The first-order valence-electron chi connectivity index (χ1n) is 7.96. The molecule has 0 aromatic heterocycles. The Labute approximate surface area is 156 Å². The van der Waals surface area contributed by atoms with Crippen LogP contribution in [0.25, 0.3) is 0 Å². The number of carbonyl (C=O) groups is 3. The Bertz CT molecular complexity index is 1040. The predicted octanol–water partition coefficient (Wildman–Crippen LogP) is 1.20. The first-order valence-corrected chi connectivity index (χ1v) is 9.85. The molecular formula is C18H17N3O5S. The summed E-state index contributed by atoms with van der Waals surface area (Å²) in [6, 6.07) is 13.2. The third-order valence-electron chi connectivity index (χ3n) is 4.28. The third-order valence-corrected chi connectivity index (χ3v) is 5.39. The average Bonchev–Trinajstić information content (AvgIpc) is 2.86. The number of hydrazine groups is 1. The zero-order valence-electron chi connectivity index (χ0n) is 14.6. The van der Waals surface area contributed by atoms with Crippen molar-refractivity contribution in [2.75, 3.05) is 6.26 Å². The van der Waals surface area contributed by atoms with E-state index < -0.39 is 33.2 Å². The Morgan fingerprint density at radius 1 is 1.07 bits per heavy atom. The van der Waals surface area contributed by atoms with Gasteiger partial charge in [-0.3, -0.25) is 15.0 Å². The van der Waals surface area contributed by atoms with E-state index in [9.17, 15) is 22.8 Å². The van der Waals surface area contributed by atoms with Crippen LogP contribution in [-0.2, 0) is 20.2 Å². The van der Waals surface area contributed by atoms with Crippen LogP contribution in [0, 0.1) is 0 Å². The van der Waals surface area contributed by atoms with Crippen LogP contribution in [0.1, 0.15) is 22.8 Å². The first-order chi connectivity index (χ1) is 12.6. The molecule has 0 aliphatic carbocycles. The summed E-state index contributed by atoms with van der Waals surface area (Å²) in [5.74, 6) is -1.42. The van der Waals surface area contributed by atoms with Crippen molar-refractivity contribution in [3.8, 4) is 0 Å². The fourth-order valence-electron chi connectivity index (χ4n) is 2.74. The van der Waals surface area contributed by atoms with Gasteiger partial charge in [-0.1, -0.05) is 36.4 Å². The summed E-state index contributed by atoms with van der Waals surface area (Å²) >= 11 is 0. The standard InChI is InChI=1S/C18H17N3O5S/c1-18(13-8-4-3-5-9-13)16(23)21(17(24)19-18)20-15(22)12-7-6-10-14(11-12)27(2,25)26/h3-11H,1-2H3,(H,19,24)(H,20,22)/t18-/m1/s1. The molecule has 3 rings (SSSR count). The largest absolute Gasteiger partial charge is 0.344 e. The number of urea groups is 1. The van der Waals surface area contributed by atoms with Crippen LogP contribution in [0.15, 0.2) is 59.5 Å². The van der Waals surface area contributed by atoms with E-state index >= 15 is 0 Å². The molecule has 0 bridgehead atoms. The molecule has 140 valence electrons. The minimum Gasteiger partial charge on any atom is -0.318 e. The molecule has 2 aromatic carbocycles. The van der Waals surface area contributed by atoms with Gasteiger partial charge in [-0.15, -0.1) is 0 Å². The van der Waals surface area contributed by atoms with Crippen LogP contribution >= 0.6 is 0 Å². The molecule has 2 N–H and O–H groups in total. The highest BCUT2D eigenvalue weighted by Gasteiger charge is 2.50. The molecule has 0 saturated carbocycles. The van der Waals surface area contributed by atoms with E-state index in [1.807, 2.05) is 0 Å². The van der Waals surface area contributed by atoms with Crippen molar-refractivity contribution in [2.24, 2.45) is 0 Å². The molecule has 4 amide bonds. The molecule has 27 heavy (non-hydrogen) atoms. The van der Waals surface area contributed by atoms with Crippen molar-refractivity contribution in [2.45, 2.75) is 17.4 Å². The van der Waals surface area contributed by atoms with Gasteiger partial charge in [0.2, 0.25) is 0 Å². The van der Waals surface area contributed by atoms with Crippen LogP contribution in [0.3, 0.4) is 0 Å². The summed E-state index contributed by atoms with van der Waals surface area (Å²) in [4.78, 5) is 37.4. The summed E-state index contributed by atoms with van der Waals surface area (Å²) in [5.41, 5.74) is 1.49.